The highest BCUT2D eigenvalue weighted by atomic mass is 19.2. The molecule has 0 aromatic heterocycles. The molecule has 0 saturated heterocycles. The predicted molar refractivity (Wildman–Crippen MR) is 62.5 cm³/mol. The topological polar surface area (TPSA) is 28.1 Å². The third kappa shape index (κ3) is 2.15. The van der Waals surface area contributed by atoms with Crippen LogP contribution in [0.15, 0.2) is 0 Å². The minimum absolute atomic E-state index is 0.789. The van der Waals surface area contributed by atoms with Gasteiger partial charge in [0, 0.05) is 0 Å². The van der Waals surface area contributed by atoms with Crippen molar-refractivity contribution in [3.63, 3.8) is 0 Å². The van der Waals surface area contributed by atoms with Crippen LogP contribution in [0.5, 0.6) is 0 Å². The molecule has 0 aliphatic heterocycles. The largest absolute Gasteiger partial charge is 0.262 e. The molecule has 0 bridgehead atoms. The van der Waals surface area contributed by atoms with Gasteiger partial charge in [-0.15, -0.1) is 0 Å². The summed E-state index contributed by atoms with van der Waals surface area (Å²) in [6.45, 7) is 6.41. The van der Waals surface area contributed by atoms with Crippen molar-refractivity contribution in [1.82, 2.24) is 0 Å². The number of hydrogen-bond acceptors (Lipinski definition) is 1. The fourth-order valence-electron chi connectivity index (χ4n) is 1.89. The van der Waals surface area contributed by atoms with Crippen molar-refractivity contribution in [1.29, 1.82) is 5.26 Å². The normalized spacial score (nSPS) is 10.4. The van der Waals surface area contributed by atoms with Gasteiger partial charge in [0.15, 0.2) is 46.5 Å². The van der Waals surface area contributed by atoms with Crippen molar-refractivity contribution in [2.24, 2.45) is 0 Å². The maximum absolute atomic E-state index is 13.8. The monoisotopic (exact) mass is 348 g/mol. The summed E-state index contributed by atoms with van der Waals surface area (Å²) in [6, 6.07) is 0.789. The van der Waals surface area contributed by atoms with Crippen molar-refractivity contribution < 1.29 is 35.1 Å². The lowest BCUT2D eigenvalue weighted by molar-refractivity contribution is 0.442. The van der Waals surface area contributed by atoms with E-state index in [2.05, 4.69) is 4.85 Å². The molecular weight excluding hydrogens is 348 g/mol. The standard InChI is InChI=1S/C14F8N2/c1-24-14-12(21)10(19)5(11(20)13(14)22)4-8(17)6(15)3(2-23)7(16)9(4)18. The first-order valence-electron chi connectivity index (χ1n) is 5.68. The fourth-order valence-corrected chi connectivity index (χ4v) is 1.89. The maximum Gasteiger partial charge on any atom is 0.262 e. The number of hydrogen-bond donors (Lipinski definition) is 0. The molecule has 0 radical (unpaired) electrons. The molecule has 0 heterocycles. The second kappa shape index (κ2) is 5.81. The van der Waals surface area contributed by atoms with E-state index in [1.807, 2.05) is 0 Å². The van der Waals surface area contributed by atoms with Crippen LogP contribution >= 0.6 is 0 Å². The molecule has 0 saturated carbocycles. The highest BCUT2D eigenvalue weighted by Gasteiger charge is 2.34. The van der Waals surface area contributed by atoms with Crippen molar-refractivity contribution in [3.05, 3.63) is 63.5 Å². The molecule has 0 N–H and O–H groups in total. The molecule has 0 aliphatic carbocycles. The van der Waals surface area contributed by atoms with Crippen molar-refractivity contribution in [2.45, 2.75) is 0 Å². The smallest absolute Gasteiger partial charge is 0.232 e. The summed E-state index contributed by atoms with van der Waals surface area (Å²) >= 11 is 0. The van der Waals surface area contributed by atoms with Gasteiger partial charge in [0.25, 0.3) is 5.69 Å². The average Bonchev–Trinajstić information content (AvgIpc) is 2.55. The van der Waals surface area contributed by atoms with Crippen LogP contribution in [0.25, 0.3) is 16.0 Å². The number of rotatable bonds is 1. The Bertz CT molecular complexity index is 831. The lowest BCUT2D eigenvalue weighted by Gasteiger charge is -2.12. The molecule has 2 rings (SSSR count). The molecule has 0 atom stereocenters. The highest BCUT2D eigenvalue weighted by molar-refractivity contribution is 5.71. The summed E-state index contributed by atoms with van der Waals surface area (Å²) in [5, 5.41) is 8.41. The van der Waals surface area contributed by atoms with Crippen LogP contribution in [0.4, 0.5) is 40.8 Å². The van der Waals surface area contributed by atoms with E-state index in [0.29, 0.717) is 0 Å². The van der Waals surface area contributed by atoms with Gasteiger partial charge in [-0.1, -0.05) is 0 Å². The van der Waals surface area contributed by atoms with E-state index in [9.17, 15) is 35.1 Å². The third-order valence-electron chi connectivity index (χ3n) is 2.98. The van der Waals surface area contributed by atoms with Crippen LogP contribution in [-0.4, -0.2) is 0 Å². The van der Waals surface area contributed by atoms with Gasteiger partial charge >= 0.3 is 0 Å². The Morgan fingerprint density at radius 3 is 1.25 bits per heavy atom. The molecular formula is C14F8N2. The van der Waals surface area contributed by atoms with Gasteiger partial charge in [-0.05, 0) is 0 Å². The Labute approximate surface area is 128 Å². The summed E-state index contributed by atoms with van der Waals surface area (Å²) in [5.41, 5.74) is -7.65. The van der Waals surface area contributed by atoms with Gasteiger partial charge in [-0.2, -0.15) is 5.26 Å². The van der Waals surface area contributed by atoms with Crippen molar-refractivity contribution >= 4 is 5.69 Å². The number of halogens is 8. The van der Waals surface area contributed by atoms with E-state index in [0.717, 1.165) is 6.07 Å². The van der Waals surface area contributed by atoms with E-state index in [1.165, 1.54) is 0 Å². The SMILES string of the molecule is [C-]#[N+]c1c(F)c(F)c(-c2c(F)c(F)c(C#N)c(F)c2F)c(F)c1F. The van der Waals surface area contributed by atoms with Gasteiger partial charge in [-0.25, -0.2) is 40.0 Å². The molecule has 0 aliphatic rings. The van der Waals surface area contributed by atoms with Crippen molar-refractivity contribution in [3.8, 4) is 17.2 Å². The van der Waals surface area contributed by atoms with Crippen molar-refractivity contribution in [2.75, 3.05) is 0 Å². The zero-order valence-electron chi connectivity index (χ0n) is 10.9. The molecule has 2 aromatic carbocycles. The molecule has 0 fully saturated rings. The second-order valence-electron chi connectivity index (χ2n) is 4.21. The molecule has 0 amide bonds. The zero-order chi connectivity index (χ0) is 18.3. The Hall–Kier alpha value is -3.14. The minimum atomic E-state index is -2.43. The molecule has 2 aromatic rings. The first-order chi connectivity index (χ1) is 11.2. The van der Waals surface area contributed by atoms with E-state index >= 15 is 0 Å². The van der Waals surface area contributed by atoms with Crippen LogP contribution in [0.3, 0.4) is 0 Å². The van der Waals surface area contributed by atoms with Gasteiger partial charge in [-0.3, -0.25) is 0 Å². The lowest BCUT2D eigenvalue weighted by atomic mass is 9.99. The fraction of sp³-hybridized carbons (Fsp3) is 0. The predicted octanol–water partition coefficient (Wildman–Crippen LogP) is 4.89. The first-order valence-corrected chi connectivity index (χ1v) is 5.68. The van der Waals surface area contributed by atoms with Crippen LogP contribution in [0.1, 0.15) is 5.56 Å². The molecule has 24 heavy (non-hydrogen) atoms. The molecule has 122 valence electrons. The summed E-state index contributed by atoms with van der Waals surface area (Å²) in [4.78, 5) is 2.17. The van der Waals surface area contributed by atoms with Crippen LogP contribution in [0.2, 0.25) is 0 Å². The van der Waals surface area contributed by atoms with Gasteiger partial charge in [0.05, 0.1) is 17.7 Å². The molecule has 0 unspecified atom stereocenters. The first kappa shape index (κ1) is 17.2. The van der Waals surface area contributed by atoms with E-state index in [4.69, 9.17) is 11.8 Å². The van der Waals surface area contributed by atoms with Crippen LogP contribution < -0.4 is 0 Å². The highest BCUT2D eigenvalue weighted by Crippen LogP contribution is 2.39. The quantitative estimate of drug-likeness (QED) is 0.410. The van der Waals surface area contributed by atoms with E-state index < -0.39 is 68.9 Å². The van der Waals surface area contributed by atoms with Gasteiger partial charge in [0.1, 0.15) is 11.6 Å². The number of nitriles is 1. The Balaban J connectivity index is 3.06. The van der Waals surface area contributed by atoms with Gasteiger partial charge in [0.2, 0.25) is 0 Å². The van der Waals surface area contributed by atoms with Gasteiger partial charge < -0.3 is 0 Å². The number of benzene rings is 2. The second-order valence-corrected chi connectivity index (χ2v) is 4.21. The van der Waals surface area contributed by atoms with E-state index in [-0.39, 0.29) is 0 Å². The summed E-state index contributed by atoms with van der Waals surface area (Å²) in [7, 11) is 0. The summed E-state index contributed by atoms with van der Waals surface area (Å²) < 4.78 is 109. The number of nitrogens with zero attached hydrogens (tertiary/aromatic N) is 2. The summed E-state index contributed by atoms with van der Waals surface area (Å²) in [5.74, 6) is -18.9. The lowest BCUT2D eigenvalue weighted by Crippen LogP contribution is -2.08. The van der Waals surface area contributed by atoms with Crippen LogP contribution in [0, 0.1) is 64.4 Å². The maximum atomic E-state index is 13.8. The molecule has 0 spiro atoms. The average molecular weight is 348 g/mol. The van der Waals surface area contributed by atoms with E-state index in [1.54, 1.807) is 0 Å². The summed E-state index contributed by atoms with van der Waals surface area (Å²) in [6.07, 6.45) is 0. The molecule has 2 nitrogen and oxygen atoms in total. The Morgan fingerprint density at radius 2 is 0.958 bits per heavy atom. The van der Waals surface area contributed by atoms with Crippen LogP contribution in [-0.2, 0) is 0 Å². The molecule has 10 heteroatoms. The Kier molecular flexibility index (Phi) is 4.17. The zero-order valence-corrected chi connectivity index (χ0v) is 10.9. The minimum Gasteiger partial charge on any atom is -0.232 e. The Morgan fingerprint density at radius 1 is 0.625 bits per heavy atom. The third-order valence-corrected chi connectivity index (χ3v) is 2.98.